The Kier molecular flexibility index (Phi) is 3.43. The lowest BCUT2D eigenvalue weighted by Gasteiger charge is -2.10. The van der Waals surface area contributed by atoms with Gasteiger partial charge in [0.25, 0.3) is 0 Å². The number of fused-ring (bicyclic) bond motifs is 1. The van der Waals surface area contributed by atoms with Crippen LogP contribution < -0.4 is 10.6 Å². The predicted molar refractivity (Wildman–Crippen MR) is 84.4 cm³/mol. The van der Waals surface area contributed by atoms with Crippen LogP contribution >= 0.6 is 0 Å². The van der Waals surface area contributed by atoms with Crippen molar-refractivity contribution in [1.29, 1.82) is 0 Å². The molecule has 0 aliphatic heterocycles. The van der Waals surface area contributed by atoms with E-state index in [1.54, 1.807) is 10.9 Å². The van der Waals surface area contributed by atoms with E-state index in [4.69, 9.17) is 0 Å². The van der Waals surface area contributed by atoms with E-state index in [-0.39, 0.29) is 0 Å². The van der Waals surface area contributed by atoms with Crippen LogP contribution in [0.15, 0.2) is 30.5 Å². The molecule has 0 atom stereocenters. The van der Waals surface area contributed by atoms with Gasteiger partial charge in [-0.25, -0.2) is 0 Å². The Morgan fingerprint density at radius 2 is 2.00 bits per heavy atom. The van der Waals surface area contributed by atoms with E-state index in [2.05, 4.69) is 44.8 Å². The van der Waals surface area contributed by atoms with Gasteiger partial charge in [-0.15, -0.1) is 0 Å². The molecule has 0 aliphatic rings. The minimum absolute atomic E-state index is 0.582. The fraction of sp³-hybridized carbons (Fsp3) is 0.267. The SMILES string of the molecule is CNc1nc(NCc2ccccc2C)c2cnn(C)c2n1. The van der Waals surface area contributed by atoms with Crippen molar-refractivity contribution in [3.8, 4) is 0 Å². The van der Waals surface area contributed by atoms with Gasteiger partial charge < -0.3 is 10.6 Å². The summed E-state index contributed by atoms with van der Waals surface area (Å²) in [5.74, 6) is 1.37. The van der Waals surface area contributed by atoms with Crippen molar-refractivity contribution in [3.63, 3.8) is 0 Å². The third kappa shape index (κ3) is 2.52. The van der Waals surface area contributed by atoms with Crippen LogP contribution in [-0.4, -0.2) is 26.8 Å². The highest BCUT2D eigenvalue weighted by atomic mass is 15.3. The Morgan fingerprint density at radius 1 is 1.19 bits per heavy atom. The number of hydrogen-bond acceptors (Lipinski definition) is 5. The number of nitrogens with zero attached hydrogens (tertiary/aromatic N) is 4. The smallest absolute Gasteiger partial charge is 0.226 e. The van der Waals surface area contributed by atoms with E-state index in [1.165, 1.54) is 11.1 Å². The van der Waals surface area contributed by atoms with E-state index in [0.29, 0.717) is 5.95 Å². The molecule has 0 radical (unpaired) electrons. The molecule has 0 amide bonds. The summed E-state index contributed by atoms with van der Waals surface area (Å²) in [6.07, 6.45) is 1.79. The van der Waals surface area contributed by atoms with Gasteiger partial charge in [-0.3, -0.25) is 4.68 Å². The number of benzene rings is 1. The molecule has 0 aliphatic carbocycles. The van der Waals surface area contributed by atoms with E-state index in [1.807, 2.05) is 26.2 Å². The minimum atomic E-state index is 0.582. The predicted octanol–water partition coefficient (Wildman–Crippen LogP) is 2.33. The quantitative estimate of drug-likeness (QED) is 0.768. The lowest BCUT2D eigenvalue weighted by Crippen LogP contribution is -2.06. The van der Waals surface area contributed by atoms with Crippen LogP contribution in [0.1, 0.15) is 11.1 Å². The Balaban J connectivity index is 1.95. The monoisotopic (exact) mass is 282 g/mol. The Labute approximate surface area is 123 Å². The molecule has 3 aromatic rings. The van der Waals surface area contributed by atoms with E-state index in [9.17, 15) is 0 Å². The van der Waals surface area contributed by atoms with Crippen LogP contribution in [0, 0.1) is 6.92 Å². The molecule has 0 bridgehead atoms. The van der Waals surface area contributed by atoms with E-state index in [0.717, 1.165) is 23.4 Å². The second-order valence-electron chi connectivity index (χ2n) is 4.93. The summed E-state index contributed by atoms with van der Waals surface area (Å²) < 4.78 is 1.75. The highest BCUT2D eigenvalue weighted by molar-refractivity contribution is 5.87. The van der Waals surface area contributed by atoms with Gasteiger partial charge in [-0.2, -0.15) is 15.1 Å². The maximum Gasteiger partial charge on any atom is 0.226 e. The number of aromatic nitrogens is 4. The maximum absolute atomic E-state index is 4.49. The highest BCUT2D eigenvalue weighted by Crippen LogP contribution is 2.22. The Morgan fingerprint density at radius 3 is 2.76 bits per heavy atom. The van der Waals surface area contributed by atoms with Gasteiger partial charge in [0, 0.05) is 20.6 Å². The third-order valence-corrected chi connectivity index (χ3v) is 3.52. The van der Waals surface area contributed by atoms with Crippen LogP contribution in [0.2, 0.25) is 0 Å². The van der Waals surface area contributed by atoms with Gasteiger partial charge in [0.1, 0.15) is 5.82 Å². The zero-order chi connectivity index (χ0) is 14.8. The van der Waals surface area contributed by atoms with Gasteiger partial charge in [0.15, 0.2) is 5.65 Å². The fourth-order valence-electron chi connectivity index (χ4n) is 2.26. The average Bonchev–Trinajstić information content (AvgIpc) is 2.87. The first-order valence-electron chi connectivity index (χ1n) is 6.85. The van der Waals surface area contributed by atoms with Crippen molar-refractivity contribution >= 4 is 22.8 Å². The molecule has 6 nitrogen and oxygen atoms in total. The number of hydrogen-bond donors (Lipinski definition) is 2. The molecule has 2 aromatic heterocycles. The molecule has 0 spiro atoms. The van der Waals surface area contributed by atoms with Gasteiger partial charge in [0.2, 0.25) is 5.95 Å². The van der Waals surface area contributed by atoms with Crippen molar-refractivity contribution < 1.29 is 0 Å². The molecule has 2 heterocycles. The summed E-state index contributed by atoms with van der Waals surface area (Å²) in [5, 5.41) is 11.5. The molecule has 0 saturated heterocycles. The van der Waals surface area contributed by atoms with E-state index < -0.39 is 0 Å². The standard InChI is InChI=1S/C15H18N6/c1-10-6-4-5-7-11(10)8-17-13-12-9-18-21(3)14(12)20-15(16-2)19-13/h4-7,9H,8H2,1-3H3,(H2,16,17,19,20). The first-order chi connectivity index (χ1) is 10.2. The molecule has 0 fully saturated rings. The zero-order valence-electron chi connectivity index (χ0n) is 12.4. The van der Waals surface area contributed by atoms with Crippen molar-refractivity contribution in [1.82, 2.24) is 19.7 Å². The largest absolute Gasteiger partial charge is 0.365 e. The summed E-state index contributed by atoms with van der Waals surface area (Å²) in [5.41, 5.74) is 3.32. The zero-order valence-corrected chi connectivity index (χ0v) is 12.4. The summed E-state index contributed by atoms with van der Waals surface area (Å²) >= 11 is 0. The first-order valence-corrected chi connectivity index (χ1v) is 6.85. The van der Waals surface area contributed by atoms with Crippen LogP contribution in [-0.2, 0) is 13.6 Å². The van der Waals surface area contributed by atoms with Gasteiger partial charge in [-0.05, 0) is 18.1 Å². The molecule has 108 valence electrons. The second-order valence-corrected chi connectivity index (χ2v) is 4.93. The van der Waals surface area contributed by atoms with E-state index >= 15 is 0 Å². The number of anilines is 2. The van der Waals surface area contributed by atoms with Gasteiger partial charge in [-0.1, -0.05) is 24.3 Å². The Hall–Kier alpha value is -2.63. The van der Waals surface area contributed by atoms with Crippen LogP contribution in [0.4, 0.5) is 11.8 Å². The fourth-order valence-corrected chi connectivity index (χ4v) is 2.26. The lowest BCUT2D eigenvalue weighted by molar-refractivity contribution is 0.786. The molecule has 6 heteroatoms. The topological polar surface area (TPSA) is 67.7 Å². The molecule has 1 aromatic carbocycles. The maximum atomic E-state index is 4.49. The summed E-state index contributed by atoms with van der Waals surface area (Å²) in [6.45, 7) is 2.83. The molecular formula is C15H18N6. The van der Waals surface area contributed by atoms with Crippen molar-refractivity contribution in [3.05, 3.63) is 41.6 Å². The third-order valence-electron chi connectivity index (χ3n) is 3.52. The summed E-state index contributed by atoms with van der Waals surface area (Å²) in [7, 11) is 3.68. The normalized spacial score (nSPS) is 10.8. The second kappa shape index (κ2) is 5.40. The minimum Gasteiger partial charge on any atom is -0.365 e. The highest BCUT2D eigenvalue weighted by Gasteiger charge is 2.11. The molecule has 0 saturated carbocycles. The first kappa shape index (κ1) is 13.4. The van der Waals surface area contributed by atoms with Crippen molar-refractivity contribution in [2.24, 2.45) is 7.05 Å². The van der Waals surface area contributed by atoms with Crippen molar-refractivity contribution in [2.45, 2.75) is 13.5 Å². The number of aryl methyl sites for hydroxylation is 2. The Bertz CT molecular complexity index is 777. The summed E-state index contributed by atoms with van der Waals surface area (Å²) in [4.78, 5) is 8.92. The average molecular weight is 282 g/mol. The molecule has 2 N–H and O–H groups in total. The molecular weight excluding hydrogens is 264 g/mol. The van der Waals surface area contributed by atoms with Gasteiger partial charge >= 0.3 is 0 Å². The molecule has 0 unspecified atom stereocenters. The van der Waals surface area contributed by atoms with Crippen molar-refractivity contribution in [2.75, 3.05) is 17.7 Å². The molecule has 21 heavy (non-hydrogen) atoms. The van der Waals surface area contributed by atoms with Crippen LogP contribution in [0.25, 0.3) is 11.0 Å². The number of rotatable bonds is 4. The number of nitrogens with one attached hydrogen (secondary N) is 2. The molecule has 3 rings (SSSR count). The summed E-state index contributed by atoms with van der Waals surface area (Å²) in [6, 6.07) is 8.31. The van der Waals surface area contributed by atoms with Crippen LogP contribution in [0.3, 0.4) is 0 Å². The van der Waals surface area contributed by atoms with Gasteiger partial charge in [0.05, 0.1) is 11.6 Å². The van der Waals surface area contributed by atoms with Crippen LogP contribution in [0.5, 0.6) is 0 Å². The lowest BCUT2D eigenvalue weighted by atomic mass is 10.1.